The van der Waals surface area contributed by atoms with Gasteiger partial charge in [0.25, 0.3) is 5.91 Å². The molecule has 0 aliphatic carbocycles. The van der Waals surface area contributed by atoms with Crippen LogP contribution >= 0.6 is 11.6 Å². The number of furan rings is 1. The number of halogens is 1. The van der Waals surface area contributed by atoms with Crippen LogP contribution in [0.1, 0.15) is 21.7 Å². The van der Waals surface area contributed by atoms with Gasteiger partial charge in [-0.25, -0.2) is 0 Å². The van der Waals surface area contributed by atoms with Crippen molar-refractivity contribution in [3.05, 3.63) is 70.4 Å². The first-order valence-corrected chi connectivity index (χ1v) is 9.00. The van der Waals surface area contributed by atoms with Crippen molar-refractivity contribution >= 4 is 28.5 Å². The molecule has 0 radical (unpaired) electrons. The summed E-state index contributed by atoms with van der Waals surface area (Å²) in [6, 6.07) is 15.8. The third kappa shape index (κ3) is 4.09. The highest BCUT2D eigenvalue weighted by Gasteiger charge is 2.20. The maximum absolute atomic E-state index is 12.6. The van der Waals surface area contributed by atoms with E-state index in [9.17, 15) is 4.79 Å². The fourth-order valence-corrected chi connectivity index (χ4v) is 3.20. The molecule has 0 bridgehead atoms. The van der Waals surface area contributed by atoms with Gasteiger partial charge in [0.1, 0.15) is 5.58 Å². The molecule has 1 N–H and O–H groups in total. The monoisotopic (exact) mass is 370 g/mol. The van der Waals surface area contributed by atoms with Crippen molar-refractivity contribution in [1.29, 1.82) is 0 Å². The molecule has 3 rings (SSSR count). The maximum Gasteiger partial charge on any atom is 0.287 e. The summed E-state index contributed by atoms with van der Waals surface area (Å²) in [6.07, 6.45) is 0.864. The summed E-state index contributed by atoms with van der Waals surface area (Å²) in [5.74, 6) is 0.147. The van der Waals surface area contributed by atoms with Gasteiger partial charge >= 0.3 is 0 Å². The summed E-state index contributed by atoms with van der Waals surface area (Å²) in [4.78, 5) is 14.8. The lowest BCUT2D eigenvalue weighted by Gasteiger charge is -2.24. The lowest BCUT2D eigenvalue weighted by Crippen LogP contribution is -2.41. The Morgan fingerprint density at radius 2 is 1.92 bits per heavy atom. The molecule has 2 aromatic carbocycles. The molecule has 5 heteroatoms. The minimum absolute atomic E-state index is 0.195. The van der Waals surface area contributed by atoms with Crippen LogP contribution in [0, 0.1) is 6.92 Å². The predicted molar refractivity (Wildman–Crippen MR) is 106 cm³/mol. The van der Waals surface area contributed by atoms with Crippen molar-refractivity contribution in [3.8, 4) is 0 Å². The molecule has 0 aliphatic heterocycles. The fourth-order valence-electron chi connectivity index (χ4n) is 3.02. The predicted octanol–water partition coefficient (Wildman–Crippen LogP) is 4.30. The van der Waals surface area contributed by atoms with Gasteiger partial charge in [-0.05, 0) is 51.2 Å². The first-order valence-electron chi connectivity index (χ1n) is 8.63. The van der Waals surface area contributed by atoms with Crippen LogP contribution in [0.3, 0.4) is 0 Å². The van der Waals surface area contributed by atoms with Gasteiger partial charge in [0, 0.05) is 28.6 Å². The van der Waals surface area contributed by atoms with Crippen LogP contribution in [0.2, 0.25) is 5.02 Å². The van der Waals surface area contributed by atoms with Crippen LogP contribution < -0.4 is 5.32 Å². The molecule has 0 spiro atoms. The molecule has 1 amide bonds. The summed E-state index contributed by atoms with van der Waals surface area (Å²) in [5, 5.41) is 4.51. The Morgan fingerprint density at radius 3 is 2.62 bits per heavy atom. The second kappa shape index (κ2) is 7.94. The molecule has 0 saturated heterocycles. The number of hydrogen-bond donors (Lipinski definition) is 1. The Hall–Kier alpha value is -2.30. The zero-order valence-corrected chi connectivity index (χ0v) is 16.0. The number of carbonyl (C=O) groups is 1. The van der Waals surface area contributed by atoms with Crippen LogP contribution in [0.5, 0.6) is 0 Å². The number of fused-ring (bicyclic) bond motifs is 1. The largest absolute Gasteiger partial charge is 0.451 e. The summed E-state index contributed by atoms with van der Waals surface area (Å²) in [5.41, 5.74) is 2.73. The van der Waals surface area contributed by atoms with E-state index in [1.165, 1.54) is 5.56 Å². The number of benzene rings is 2. The standard InChI is InChI=1S/C21H23ClN2O2/c1-14-18-12-16(22)9-10-19(18)26-20(14)21(25)23-13-17(24(2)3)11-15-7-5-4-6-8-15/h4-10,12,17H,11,13H2,1-3H3,(H,23,25). The SMILES string of the molecule is Cc1c(C(=O)NCC(Cc2ccccc2)N(C)C)oc2ccc(Cl)cc12. The Balaban J connectivity index is 1.71. The molecule has 0 aliphatic rings. The van der Waals surface area contributed by atoms with E-state index in [0.29, 0.717) is 22.9 Å². The summed E-state index contributed by atoms with van der Waals surface area (Å²) < 4.78 is 5.74. The van der Waals surface area contributed by atoms with Gasteiger partial charge in [-0.15, -0.1) is 0 Å². The average molecular weight is 371 g/mol. The fraction of sp³-hybridized carbons (Fsp3) is 0.286. The number of likely N-dealkylation sites (N-methyl/N-ethyl adjacent to an activating group) is 1. The van der Waals surface area contributed by atoms with E-state index in [0.717, 1.165) is 17.4 Å². The first-order chi connectivity index (χ1) is 12.5. The third-order valence-corrected chi connectivity index (χ3v) is 4.88. The van der Waals surface area contributed by atoms with Crippen molar-refractivity contribution in [2.24, 2.45) is 0 Å². The van der Waals surface area contributed by atoms with Gasteiger partial charge in [-0.1, -0.05) is 41.9 Å². The summed E-state index contributed by atoms with van der Waals surface area (Å²) in [7, 11) is 4.04. The molecular weight excluding hydrogens is 348 g/mol. The van der Waals surface area contributed by atoms with Gasteiger partial charge in [0.15, 0.2) is 5.76 Å². The Bertz CT molecular complexity index is 903. The second-order valence-corrected chi connectivity index (χ2v) is 7.15. The lowest BCUT2D eigenvalue weighted by molar-refractivity contribution is 0.0915. The number of carbonyl (C=O) groups excluding carboxylic acids is 1. The Labute approximate surface area is 158 Å². The van der Waals surface area contributed by atoms with E-state index in [1.54, 1.807) is 12.1 Å². The number of nitrogens with zero attached hydrogens (tertiary/aromatic N) is 1. The molecule has 0 saturated carbocycles. The van der Waals surface area contributed by atoms with Gasteiger partial charge in [0.05, 0.1) is 0 Å². The molecular formula is C21H23ClN2O2. The number of nitrogens with one attached hydrogen (secondary N) is 1. The highest BCUT2D eigenvalue weighted by Crippen LogP contribution is 2.27. The second-order valence-electron chi connectivity index (χ2n) is 6.71. The van der Waals surface area contributed by atoms with Crippen molar-refractivity contribution in [1.82, 2.24) is 10.2 Å². The van der Waals surface area contributed by atoms with Gasteiger partial charge in [0.2, 0.25) is 0 Å². The summed E-state index contributed by atoms with van der Waals surface area (Å²) >= 11 is 6.05. The molecule has 1 unspecified atom stereocenters. The van der Waals surface area contributed by atoms with E-state index in [-0.39, 0.29) is 11.9 Å². The van der Waals surface area contributed by atoms with Gasteiger partial charge in [-0.2, -0.15) is 0 Å². The zero-order valence-electron chi connectivity index (χ0n) is 15.3. The van der Waals surface area contributed by atoms with Crippen LogP contribution in [0.15, 0.2) is 52.9 Å². The topological polar surface area (TPSA) is 45.5 Å². The summed E-state index contributed by atoms with van der Waals surface area (Å²) in [6.45, 7) is 2.42. The number of hydrogen-bond acceptors (Lipinski definition) is 3. The van der Waals surface area contributed by atoms with Gasteiger partial charge < -0.3 is 14.6 Å². The van der Waals surface area contributed by atoms with Crippen molar-refractivity contribution in [2.75, 3.05) is 20.6 Å². The molecule has 4 nitrogen and oxygen atoms in total. The minimum Gasteiger partial charge on any atom is -0.451 e. The Kier molecular flexibility index (Phi) is 5.64. The van der Waals surface area contributed by atoms with E-state index in [2.05, 4.69) is 22.3 Å². The van der Waals surface area contributed by atoms with Gasteiger partial charge in [-0.3, -0.25) is 4.79 Å². The lowest BCUT2D eigenvalue weighted by atomic mass is 10.1. The molecule has 136 valence electrons. The minimum atomic E-state index is -0.199. The maximum atomic E-state index is 12.6. The average Bonchev–Trinajstić information content (AvgIpc) is 2.95. The Morgan fingerprint density at radius 1 is 1.19 bits per heavy atom. The quantitative estimate of drug-likeness (QED) is 0.703. The van der Waals surface area contributed by atoms with Crippen LogP contribution in [0.25, 0.3) is 11.0 Å². The van der Waals surface area contributed by atoms with E-state index in [1.807, 2.05) is 45.3 Å². The van der Waals surface area contributed by atoms with Crippen molar-refractivity contribution in [2.45, 2.75) is 19.4 Å². The molecule has 26 heavy (non-hydrogen) atoms. The van der Waals surface area contributed by atoms with Crippen molar-refractivity contribution in [3.63, 3.8) is 0 Å². The van der Waals surface area contributed by atoms with Crippen LogP contribution in [-0.4, -0.2) is 37.5 Å². The van der Waals surface area contributed by atoms with Crippen LogP contribution in [0.4, 0.5) is 0 Å². The van der Waals surface area contributed by atoms with E-state index in [4.69, 9.17) is 16.0 Å². The normalized spacial score (nSPS) is 12.5. The zero-order chi connectivity index (χ0) is 18.7. The highest BCUT2D eigenvalue weighted by molar-refractivity contribution is 6.31. The number of aryl methyl sites for hydroxylation is 1. The van der Waals surface area contributed by atoms with E-state index >= 15 is 0 Å². The molecule has 1 atom stereocenters. The smallest absolute Gasteiger partial charge is 0.287 e. The highest BCUT2D eigenvalue weighted by atomic mass is 35.5. The molecule has 1 heterocycles. The van der Waals surface area contributed by atoms with Crippen LogP contribution in [-0.2, 0) is 6.42 Å². The number of rotatable bonds is 6. The third-order valence-electron chi connectivity index (χ3n) is 4.65. The molecule has 0 fully saturated rings. The van der Waals surface area contributed by atoms with Crippen molar-refractivity contribution < 1.29 is 9.21 Å². The number of amides is 1. The first kappa shape index (κ1) is 18.5. The molecule has 3 aromatic rings. The molecule has 1 aromatic heterocycles. The van der Waals surface area contributed by atoms with E-state index < -0.39 is 0 Å².